The van der Waals surface area contributed by atoms with Crippen molar-refractivity contribution in [1.82, 2.24) is 0 Å². The van der Waals surface area contributed by atoms with Crippen molar-refractivity contribution in [2.45, 2.75) is 45.8 Å². The van der Waals surface area contributed by atoms with Gasteiger partial charge in [0.2, 0.25) is 0 Å². The summed E-state index contributed by atoms with van der Waals surface area (Å²) in [6.45, 7) is 9.53. The number of hydrogen-bond acceptors (Lipinski definition) is 2. The highest BCUT2D eigenvalue weighted by atomic mass is 16.5. The van der Waals surface area contributed by atoms with Crippen LogP contribution in [-0.4, -0.2) is 16.9 Å². The molecule has 1 heterocycles. The predicted octanol–water partition coefficient (Wildman–Crippen LogP) is 0.358. The van der Waals surface area contributed by atoms with E-state index in [1.165, 1.54) is 0 Å². The van der Waals surface area contributed by atoms with Crippen LogP contribution in [0.5, 0.6) is 0 Å². The number of rotatable bonds is 0. The van der Waals surface area contributed by atoms with Gasteiger partial charge in [-0.2, -0.15) is 0 Å². The van der Waals surface area contributed by atoms with Crippen molar-refractivity contribution in [2.24, 2.45) is 4.99 Å². The van der Waals surface area contributed by atoms with Crippen molar-refractivity contribution < 1.29 is 5.06 Å². The molecule has 1 N–H and O–H groups in total. The Hall–Kier alpha value is -0.410. The topological polar surface area (TPSA) is 39.9 Å². The second kappa shape index (κ2) is 2.05. The molecule has 64 valence electrons. The number of hydrogen-bond donors (Lipinski definition) is 1. The van der Waals surface area contributed by atoms with Gasteiger partial charge in [-0.1, -0.05) is 0 Å². The lowest BCUT2D eigenvalue weighted by Gasteiger charge is -2.39. The van der Waals surface area contributed by atoms with E-state index in [0.717, 1.165) is 5.71 Å². The molecule has 0 aromatic heterocycles. The summed E-state index contributed by atoms with van der Waals surface area (Å²) < 4.78 is 0. The highest BCUT2D eigenvalue weighted by molar-refractivity contribution is 5.90. The molecule has 0 aromatic rings. The van der Waals surface area contributed by atoms with E-state index in [1.807, 2.05) is 34.6 Å². The second-order valence-corrected chi connectivity index (χ2v) is 4.21. The number of aliphatic imine (C=N–C) groups is 1. The molecule has 1 aliphatic rings. The quantitative estimate of drug-likeness (QED) is 0.505. The smallest absolute Gasteiger partial charge is 0.185 e. The van der Waals surface area contributed by atoms with Gasteiger partial charge in [-0.15, -0.1) is 0 Å². The fraction of sp³-hybridized carbons (Fsp3) is 0.875. The van der Waals surface area contributed by atoms with E-state index < -0.39 is 5.66 Å². The van der Waals surface area contributed by atoms with Gasteiger partial charge in [0.25, 0.3) is 0 Å². The summed E-state index contributed by atoms with van der Waals surface area (Å²) in [6.07, 6.45) is 0. The summed E-state index contributed by atoms with van der Waals surface area (Å²) in [4.78, 5) is 4.32. The van der Waals surface area contributed by atoms with Crippen LogP contribution in [0.4, 0.5) is 0 Å². The molecule has 1 atom stereocenters. The third kappa shape index (κ3) is 1.08. The molecule has 0 saturated heterocycles. The SMILES string of the molecule is CC1=NC(C)(C)[NH+]([O-])C1(C)C. The van der Waals surface area contributed by atoms with Gasteiger partial charge < -0.3 is 10.3 Å². The lowest BCUT2D eigenvalue weighted by atomic mass is 10.0. The van der Waals surface area contributed by atoms with E-state index in [-0.39, 0.29) is 10.6 Å². The number of hydroxylamine groups is 2. The first-order valence-corrected chi connectivity index (χ1v) is 3.90. The van der Waals surface area contributed by atoms with Crippen LogP contribution in [0.2, 0.25) is 0 Å². The largest absolute Gasteiger partial charge is 0.632 e. The van der Waals surface area contributed by atoms with Crippen molar-refractivity contribution in [1.29, 1.82) is 0 Å². The molecule has 0 amide bonds. The second-order valence-electron chi connectivity index (χ2n) is 4.21. The summed E-state index contributed by atoms with van der Waals surface area (Å²) in [5.41, 5.74) is 0.115. The van der Waals surface area contributed by atoms with E-state index in [0.29, 0.717) is 0 Å². The molecule has 0 fully saturated rings. The van der Waals surface area contributed by atoms with Crippen molar-refractivity contribution in [3.05, 3.63) is 5.21 Å². The lowest BCUT2D eigenvalue weighted by Crippen LogP contribution is -3.20. The van der Waals surface area contributed by atoms with E-state index >= 15 is 0 Å². The number of nitrogens with one attached hydrogen (secondary N) is 1. The molecule has 1 rings (SSSR count). The van der Waals surface area contributed by atoms with Gasteiger partial charge >= 0.3 is 0 Å². The molecule has 1 aliphatic heterocycles. The first-order valence-electron chi connectivity index (χ1n) is 3.90. The summed E-state index contributed by atoms with van der Waals surface area (Å²) in [6, 6.07) is 0. The van der Waals surface area contributed by atoms with Gasteiger partial charge in [0.15, 0.2) is 5.66 Å². The Morgan fingerprint density at radius 2 is 1.73 bits per heavy atom. The fourth-order valence-electron chi connectivity index (χ4n) is 1.54. The Labute approximate surface area is 67.7 Å². The Morgan fingerprint density at radius 3 is 1.82 bits per heavy atom. The molecule has 11 heavy (non-hydrogen) atoms. The van der Waals surface area contributed by atoms with Gasteiger partial charge in [-0.05, 0) is 20.8 Å². The maximum Gasteiger partial charge on any atom is 0.185 e. The molecule has 0 aliphatic carbocycles. The fourth-order valence-corrected chi connectivity index (χ4v) is 1.54. The van der Waals surface area contributed by atoms with Gasteiger partial charge in [-0.3, -0.25) is 0 Å². The molecule has 0 saturated carbocycles. The van der Waals surface area contributed by atoms with Crippen LogP contribution < -0.4 is 5.06 Å². The van der Waals surface area contributed by atoms with Crippen LogP contribution >= 0.6 is 0 Å². The minimum absolute atomic E-state index is 0.225. The van der Waals surface area contributed by atoms with Crippen molar-refractivity contribution in [3.8, 4) is 0 Å². The molecular weight excluding hydrogens is 140 g/mol. The molecule has 0 spiro atoms. The highest BCUT2D eigenvalue weighted by Gasteiger charge is 2.44. The first-order chi connectivity index (χ1) is 4.78. The van der Waals surface area contributed by atoms with E-state index in [9.17, 15) is 5.21 Å². The average molecular weight is 156 g/mol. The molecule has 0 bridgehead atoms. The van der Waals surface area contributed by atoms with Gasteiger partial charge in [-0.25, -0.2) is 4.99 Å². The first kappa shape index (κ1) is 8.68. The van der Waals surface area contributed by atoms with E-state index in [4.69, 9.17) is 0 Å². The zero-order chi connectivity index (χ0) is 8.86. The maximum atomic E-state index is 11.6. The van der Waals surface area contributed by atoms with Crippen molar-refractivity contribution in [2.75, 3.05) is 0 Å². The summed E-state index contributed by atoms with van der Waals surface area (Å²) in [7, 11) is 0. The van der Waals surface area contributed by atoms with Gasteiger partial charge in [0.1, 0.15) is 5.54 Å². The molecular formula is C8H16N2O. The minimum atomic E-state index is -0.492. The standard InChI is InChI=1S/C8H16N2O/c1-6-7(2,3)10(11)8(4,5)9-6/h10H,1-5H3. The average Bonchev–Trinajstić information content (AvgIpc) is 1.94. The molecule has 3 heteroatoms. The number of nitrogens with zero attached hydrogens (tertiary/aromatic N) is 1. The van der Waals surface area contributed by atoms with Crippen LogP contribution in [0.3, 0.4) is 0 Å². The third-order valence-corrected chi connectivity index (χ3v) is 2.48. The van der Waals surface area contributed by atoms with Crippen LogP contribution in [0.1, 0.15) is 34.6 Å². The van der Waals surface area contributed by atoms with Crippen molar-refractivity contribution in [3.63, 3.8) is 0 Å². The van der Waals surface area contributed by atoms with Crippen LogP contribution in [0.15, 0.2) is 4.99 Å². The molecule has 0 radical (unpaired) electrons. The zero-order valence-electron chi connectivity index (χ0n) is 7.86. The van der Waals surface area contributed by atoms with E-state index in [1.54, 1.807) is 0 Å². The van der Waals surface area contributed by atoms with Crippen LogP contribution in [0.25, 0.3) is 0 Å². The van der Waals surface area contributed by atoms with Crippen LogP contribution in [-0.2, 0) is 0 Å². The van der Waals surface area contributed by atoms with Gasteiger partial charge in [0.05, 0.1) is 5.71 Å². The monoisotopic (exact) mass is 156 g/mol. The zero-order valence-corrected chi connectivity index (χ0v) is 7.86. The Kier molecular flexibility index (Phi) is 1.62. The summed E-state index contributed by atoms with van der Waals surface area (Å²) >= 11 is 0. The van der Waals surface area contributed by atoms with Gasteiger partial charge in [0, 0.05) is 13.8 Å². The Balaban J connectivity index is 3.04. The predicted molar refractivity (Wildman–Crippen MR) is 45.6 cm³/mol. The summed E-state index contributed by atoms with van der Waals surface area (Å²) in [5, 5.41) is 11.9. The van der Waals surface area contributed by atoms with Crippen LogP contribution in [0, 0.1) is 5.21 Å². The third-order valence-electron chi connectivity index (χ3n) is 2.48. The van der Waals surface area contributed by atoms with Crippen molar-refractivity contribution >= 4 is 5.71 Å². The molecule has 3 nitrogen and oxygen atoms in total. The maximum absolute atomic E-state index is 11.6. The Morgan fingerprint density at radius 1 is 1.27 bits per heavy atom. The minimum Gasteiger partial charge on any atom is -0.632 e. The normalized spacial score (nSPS) is 33.6. The summed E-state index contributed by atoms with van der Waals surface area (Å²) in [5.74, 6) is 0. The Bertz CT molecular complexity index is 206. The molecule has 0 aromatic carbocycles. The number of quaternary nitrogens is 1. The lowest BCUT2D eigenvalue weighted by molar-refractivity contribution is -0.929. The molecule has 1 unspecified atom stereocenters. The van der Waals surface area contributed by atoms with E-state index in [2.05, 4.69) is 4.99 Å². The highest BCUT2D eigenvalue weighted by Crippen LogP contribution is 2.16.